The number of nitrogens with one attached hydrogen (secondary N) is 3. The Morgan fingerprint density at radius 2 is 1.62 bits per heavy atom. The number of anilines is 3. The van der Waals surface area contributed by atoms with E-state index in [-0.39, 0.29) is 23.2 Å². The largest absolute Gasteiger partial charge is 0.416 e. The van der Waals surface area contributed by atoms with Gasteiger partial charge in [0.05, 0.1) is 10.9 Å². The minimum absolute atomic E-state index is 0.0582. The van der Waals surface area contributed by atoms with Crippen molar-refractivity contribution in [3.8, 4) is 11.1 Å². The van der Waals surface area contributed by atoms with Crippen LogP contribution in [0, 0.1) is 0 Å². The lowest BCUT2D eigenvalue weighted by Gasteiger charge is -2.33. The van der Waals surface area contributed by atoms with E-state index >= 15 is 0 Å². The molecule has 2 aromatic heterocycles. The first kappa shape index (κ1) is 29.3. The van der Waals surface area contributed by atoms with E-state index in [4.69, 9.17) is 5.73 Å². The van der Waals surface area contributed by atoms with Gasteiger partial charge in [0.1, 0.15) is 0 Å². The molecule has 1 fully saturated rings. The van der Waals surface area contributed by atoms with Crippen LogP contribution in [0.5, 0.6) is 0 Å². The van der Waals surface area contributed by atoms with Crippen LogP contribution in [-0.2, 0) is 18.1 Å². The molecule has 0 unspecified atom stereocenters. The van der Waals surface area contributed by atoms with Crippen molar-refractivity contribution in [3.05, 3.63) is 65.4 Å². The molecule has 222 valence electrons. The molecule has 0 atom stereocenters. The molecule has 4 aromatic rings. The molecule has 1 aliphatic heterocycles. The molecule has 5 rings (SSSR count). The molecular weight excluding hydrogens is 545 g/mol. The summed E-state index contributed by atoms with van der Waals surface area (Å²) in [6.07, 6.45) is -4.55. The monoisotopic (exact) mass is 580 g/mol. The van der Waals surface area contributed by atoms with Gasteiger partial charge in [-0.2, -0.15) is 18.3 Å². The van der Waals surface area contributed by atoms with Crippen molar-refractivity contribution < 1.29 is 18.0 Å². The molecule has 2 aromatic carbocycles. The summed E-state index contributed by atoms with van der Waals surface area (Å²) in [6, 6.07) is 12.4. The highest BCUT2D eigenvalue weighted by Gasteiger charge is 2.34. The van der Waals surface area contributed by atoms with E-state index in [0.717, 1.165) is 36.0 Å². The third-order valence-corrected chi connectivity index (χ3v) is 7.44. The van der Waals surface area contributed by atoms with E-state index < -0.39 is 17.8 Å². The second-order valence-electron chi connectivity index (χ2n) is 11.7. The number of hydrogen-bond acceptors (Lipinski definition) is 6. The number of nitrogens with zero attached hydrogens (tertiary/aromatic N) is 4. The minimum atomic E-state index is -4.55. The Labute approximate surface area is 242 Å². The van der Waals surface area contributed by atoms with Crippen LogP contribution < -0.4 is 16.4 Å². The van der Waals surface area contributed by atoms with Gasteiger partial charge >= 0.3 is 12.2 Å². The van der Waals surface area contributed by atoms with Crippen molar-refractivity contribution >= 4 is 34.3 Å². The van der Waals surface area contributed by atoms with Crippen LogP contribution in [0.25, 0.3) is 22.2 Å². The number of halogens is 3. The summed E-state index contributed by atoms with van der Waals surface area (Å²) in [4.78, 5) is 21.5. The quantitative estimate of drug-likeness (QED) is 0.233. The molecule has 0 spiro atoms. The van der Waals surface area contributed by atoms with Gasteiger partial charge in [0.2, 0.25) is 0 Å². The third-order valence-electron chi connectivity index (χ3n) is 7.44. The number of aromatic nitrogens is 3. The Morgan fingerprint density at radius 1 is 0.976 bits per heavy atom. The van der Waals surface area contributed by atoms with E-state index in [0.29, 0.717) is 35.6 Å². The Bertz CT molecular complexity index is 1580. The first-order chi connectivity index (χ1) is 19.8. The summed E-state index contributed by atoms with van der Waals surface area (Å²) in [5.41, 5.74) is 9.02. The van der Waals surface area contributed by atoms with Crippen molar-refractivity contribution in [1.82, 2.24) is 25.0 Å². The first-order valence-electron chi connectivity index (χ1n) is 13.7. The zero-order valence-electron chi connectivity index (χ0n) is 24.1. The molecule has 3 heterocycles. The number of fused-ring (bicyclic) bond motifs is 1. The van der Waals surface area contributed by atoms with Gasteiger partial charge in [0, 0.05) is 55.2 Å². The fourth-order valence-electron chi connectivity index (χ4n) is 5.00. The smallest absolute Gasteiger partial charge is 0.382 e. The van der Waals surface area contributed by atoms with Gasteiger partial charge < -0.3 is 21.3 Å². The Hall–Kier alpha value is -4.16. The van der Waals surface area contributed by atoms with Crippen molar-refractivity contribution in [3.63, 3.8) is 0 Å². The van der Waals surface area contributed by atoms with Gasteiger partial charge in [0.15, 0.2) is 11.5 Å². The highest BCUT2D eigenvalue weighted by Crippen LogP contribution is 2.36. The lowest BCUT2D eigenvalue weighted by atomic mass is 9.89. The van der Waals surface area contributed by atoms with Crippen molar-refractivity contribution in [1.29, 1.82) is 0 Å². The number of carbonyl (C=O) groups excluding carboxylic acids is 1. The van der Waals surface area contributed by atoms with Crippen molar-refractivity contribution in [2.75, 3.05) is 49.6 Å². The van der Waals surface area contributed by atoms with E-state index in [1.165, 1.54) is 12.1 Å². The Morgan fingerprint density at radius 3 is 2.26 bits per heavy atom. The lowest BCUT2D eigenvalue weighted by Crippen LogP contribution is -2.44. The van der Waals surface area contributed by atoms with E-state index in [9.17, 15) is 18.0 Å². The molecule has 42 heavy (non-hydrogen) atoms. The lowest BCUT2D eigenvalue weighted by molar-refractivity contribution is -0.138. The number of alkyl halides is 3. The van der Waals surface area contributed by atoms with Gasteiger partial charge in [-0.3, -0.25) is 10.00 Å². The molecule has 0 aliphatic carbocycles. The van der Waals surface area contributed by atoms with Gasteiger partial charge in [-0.25, -0.2) is 9.78 Å². The van der Waals surface area contributed by atoms with Crippen molar-refractivity contribution in [2.24, 2.45) is 0 Å². The number of nitrogens with two attached hydrogens (primary N) is 1. The fraction of sp³-hybridized carbons (Fsp3) is 0.367. The number of carbonyl (C=O) groups is 1. The van der Waals surface area contributed by atoms with E-state index in [1.54, 1.807) is 12.1 Å². The van der Waals surface area contributed by atoms with Gasteiger partial charge in [0.25, 0.3) is 0 Å². The summed E-state index contributed by atoms with van der Waals surface area (Å²) in [5, 5.41) is 12.9. The number of nitrogen functional groups attached to an aromatic ring is 1. The van der Waals surface area contributed by atoms with Crippen LogP contribution in [0.4, 0.5) is 35.2 Å². The highest BCUT2D eigenvalue weighted by molar-refractivity contribution is 6.02. The van der Waals surface area contributed by atoms with Crippen LogP contribution in [0.15, 0.2) is 48.5 Å². The number of aromatic amines is 1. The van der Waals surface area contributed by atoms with Crippen LogP contribution in [0.1, 0.15) is 37.6 Å². The van der Waals surface area contributed by atoms with Gasteiger partial charge in [-0.15, -0.1) is 0 Å². The van der Waals surface area contributed by atoms with E-state index in [2.05, 4.69) is 51.5 Å². The van der Waals surface area contributed by atoms with Gasteiger partial charge in [-0.05, 0) is 54.1 Å². The topological polar surface area (TPSA) is 115 Å². The number of piperazine rings is 1. The average molecular weight is 581 g/mol. The normalized spacial score (nSPS) is 15.2. The molecular formula is C30H35F3N8O. The highest BCUT2D eigenvalue weighted by atomic mass is 19.4. The maximum atomic E-state index is 13.9. The number of amides is 2. The molecule has 1 saturated heterocycles. The average Bonchev–Trinajstić information content (AvgIpc) is 3.30. The van der Waals surface area contributed by atoms with Crippen LogP contribution in [0.3, 0.4) is 0 Å². The maximum absolute atomic E-state index is 13.9. The summed E-state index contributed by atoms with van der Waals surface area (Å²) < 4.78 is 41.8. The predicted molar refractivity (Wildman–Crippen MR) is 159 cm³/mol. The number of likely N-dealkylation sites (N-methyl/N-ethyl adjacent to an activating group) is 1. The summed E-state index contributed by atoms with van der Waals surface area (Å²) in [5.74, 6) is 0.335. The molecule has 5 N–H and O–H groups in total. The molecule has 0 bridgehead atoms. The Kier molecular flexibility index (Phi) is 7.86. The van der Waals surface area contributed by atoms with Gasteiger partial charge in [-0.1, -0.05) is 39.0 Å². The summed E-state index contributed by atoms with van der Waals surface area (Å²) >= 11 is 0. The minimum Gasteiger partial charge on any atom is -0.382 e. The zero-order chi connectivity index (χ0) is 30.2. The SMILES string of the molecule is CN1CCN(Cc2ccc(NC(=O)Nc3ccc(-c4cc(C(C)(C)C)nc5[nH]nc(N)c45)cc3)cc2C(F)(F)F)CC1. The van der Waals surface area contributed by atoms with Crippen LogP contribution in [0.2, 0.25) is 0 Å². The molecule has 2 amide bonds. The third kappa shape index (κ3) is 6.50. The molecule has 0 radical (unpaired) electrons. The predicted octanol–water partition coefficient (Wildman–Crippen LogP) is 5.91. The fourth-order valence-corrected chi connectivity index (χ4v) is 5.00. The number of rotatable bonds is 5. The number of pyridine rings is 1. The second kappa shape index (κ2) is 11.3. The van der Waals surface area contributed by atoms with E-state index in [1.807, 2.05) is 30.1 Å². The molecule has 0 saturated carbocycles. The summed E-state index contributed by atoms with van der Waals surface area (Å²) in [6.45, 7) is 9.42. The Balaban J connectivity index is 1.31. The molecule has 1 aliphatic rings. The van der Waals surface area contributed by atoms with Crippen LogP contribution >= 0.6 is 0 Å². The zero-order valence-corrected chi connectivity index (χ0v) is 24.1. The standard InChI is InChI=1S/C30H35F3N8O/c1-29(2,3)24-16-22(25-26(34)38-39-27(25)37-24)18-5-8-20(9-6-18)35-28(42)36-21-10-7-19(23(15-21)30(31,32)33)17-41-13-11-40(4)12-14-41/h5-10,15-16H,11-14,17H2,1-4H3,(H2,35,36,42)(H3,34,37,38,39). The molecule has 12 heteroatoms. The maximum Gasteiger partial charge on any atom is 0.416 e. The second-order valence-corrected chi connectivity index (χ2v) is 11.7. The van der Waals surface area contributed by atoms with Crippen LogP contribution in [-0.4, -0.2) is 64.2 Å². The number of H-pyrrole nitrogens is 1. The summed E-state index contributed by atoms with van der Waals surface area (Å²) in [7, 11) is 2.00. The number of urea groups is 1. The number of benzene rings is 2. The molecule has 9 nitrogen and oxygen atoms in total. The van der Waals surface area contributed by atoms with Crippen molar-refractivity contribution in [2.45, 2.75) is 38.9 Å². The number of hydrogen-bond donors (Lipinski definition) is 4. The first-order valence-corrected chi connectivity index (χ1v) is 13.7.